The summed E-state index contributed by atoms with van der Waals surface area (Å²) in [7, 11) is 0. The second-order valence-electron chi connectivity index (χ2n) is 3.34. The molecule has 0 aliphatic carbocycles. The molecule has 18 heavy (non-hydrogen) atoms. The zero-order valence-electron chi connectivity index (χ0n) is 8.72. The van der Waals surface area contributed by atoms with Crippen molar-refractivity contribution in [1.82, 2.24) is 14.8 Å². The van der Waals surface area contributed by atoms with Crippen LogP contribution < -0.4 is 0 Å². The molecule has 0 spiro atoms. The first-order chi connectivity index (χ1) is 8.39. The standard InChI is InChI=1S/C10H6F3N3O2/c11-10(12,13)6-1-3-14-7(5-6)8-2-4-15-16(8)9(17)18/h1-5H,(H,17,18). The van der Waals surface area contributed by atoms with Crippen molar-refractivity contribution in [3.8, 4) is 11.4 Å². The zero-order valence-corrected chi connectivity index (χ0v) is 8.72. The number of alkyl halides is 3. The molecule has 94 valence electrons. The van der Waals surface area contributed by atoms with Crippen LogP contribution in [0.1, 0.15) is 5.56 Å². The summed E-state index contributed by atoms with van der Waals surface area (Å²) in [5, 5.41) is 12.3. The van der Waals surface area contributed by atoms with Crippen molar-refractivity contribution in [1.29, 1.82) is 0 Å². The Morgan fingerprint density at radius 1 is 1.28 bits per heavy atom. The van der Waals surface area contributed by atoms with E-state index in [1.807, 2.05) is 0 Å². The summed E-state index contributed by atoms with van der Waals surface area (Å²) in [5.41, 5.74) is -1.02. The molecule has 0 unspecified atom stereocenters. The highest BCUT2D eigenvalue weighted by Gasteiger charge is 2.31. The van der Waals surface area contributed by atoms with Crippen molar-refractivity contribution in [2.75, 3.05) is 0 Å². The minimum absolute atomic E-state index is 0.0198. The van der Waals surface area contributed by atoms with Gasteiger partial charge in [-0.05, 0) is 18.2 Å². The molecule has 2 heterocycles. The summed E-state index contributed by atoms with van der Waals surface area (Å²) >= 11 is 0. The van der Waals surface area contributed by atoms with Crippen LogP contribution >= 0.6 is 0 Å². The second-order valence-corrected chi connectivity index (χ2v) is 3.34. The van der Waals surface area contributed by atoms with Gasteiger partial charge in [0.25, 0.3) is 0 Å². The molecule has 8 heteroatoms. The van der Waals surface area contributed by atoms with Crippen LogP contribution in [-0.4, -0.2) is 26.0 Å². The van der Waals surface area contributed by atoms with Crippen LogP contribution in [0.5, 0.6) is 0 Å². The molecule has 0 atom stereocenters. The molecular weight excluding hydrogens is 251 g/mol. The third-order valence-electron chi connectivity index (χ3n) is 2.17. The van der Waals surface area contributed by atoms with Crippen LogP contribution in [0.2, 0.25) is 0 Å². The summed E-state index contributed by atoms with van der Waals surface area (Å²) in [4.78, 5) is 14.5. The molecule has 0 aliphatic heterocycles. The smallest absolute Gasteiger partial charge is 0.432 e. The average Bonchev–Trinajstić information content (AvgIpc) is 2.77. The zero-order chi connectivity index (χ0) is 13.3. The number of rotatable bonds is 1. The predicted molar refractivity (Wildman–Crippen MR) is 53.9 cm³/mol. The molecule has 2 aromatic heterocycles. The van der Waals surface area contributed by atoms with E-state index in [4.69, 9.17) is 5.11 Å². The molecular formula is C10H6F3N3O2. The van der Waals surface area contributed by atoms with Crippen molar-refractivity contribution in [3.05, 3.63) is 36.2 Å². The molecule has 0 radical (unpaired) electrons. The Labute approximate surface area is 98.5 Å². The van der Waals surface area contributed by atoms with Crippen molar-refractivity contribution in [2.24, 2.45) is 0 Å². The fourth-order valence-corrected chi connectivity index (χ4v) is 1.40. The predicted octanol–water partition coefficient (Wildman–Crippen LogP) is 2.49. The molecule has 2 rings (SSSR count). The normalized spacial score (nSPS) is 11.5. The lowest BCUT2D eigenvalue weighted by Gasteiger charge is -2.08. The summed E-state index contributed by atoms with van der Waals surface area (Å²) < 4.78 is 38.1. The highest BCUT2D eigenvalue weighted by Crippen LogP contribution is 2.30. The molecule has 1 N–H and O–H groups in total. The van der Waals surface area contributed by atoms with E-state index >= 15 is 0 Å². The Morgan fingerprint density at radius 2 is 2.00 bits per heavy atom. The quantitative estimate of drug-likeness (QED) is 0.852. The largest absolute Gasteiger partial charge is 0.463 e. The van der Waals surface area contributed by atoms with Crippen LogP contribution in [0.25, 0.3) is 11.4 Å². The van der Waals surface area contributed by atoms with Gasteiger partial charge in [0, 0.05) is 6.20 Å². The van der Waals surface area contributed by atoms with Gasteiger partial charge in [-0.3, -0.25) is 4.98 Å². The highest BCUT2D eigenvalue weighted by molar-refractivity contribution is 5.74. The van der Waals surface area contributed by atoms with Gasteiger partial charge in [0.05, 0.1) is 23.1 Å². The van der Waals surface area contributed by atoms with Gasteiger partial charge in [-0.1, -0.05) is 0 Å². The Morgan fingerprint density at radius 3 is 2.61 bits per heavy atom. The van der Waals surface area contributed by atoms with Crippen LogP contribution in [0, 0.1) is 0 Å². The van der Waals surface area contributed by atoms with Gasteiger partial charge >= 0.3 is 12.3 Å². The Kier molecular flexibility index (Phi) is 2.77. The molecule has 0 aliphatic rings. The van der Waals surface area contributed by atoms with E-state index in [9.17, 15) is 18.0 Å². The van der Waals surface area contributed by atoms with Gasteiger partial charge in [-0.15, -0.1) is 0 Å². The first-order valence-corrected chi connectivity index (χ1v) is 4.70. The van der Waals surface area contributed by atoms with Crippen LogP contribution in [-0.2, 0) is 6.18 Å². The number of hydrogen-bond donors (Lipinski definition) is 1. The number of carbonyl (C=O) groups is 1. The first-order valence-electron chi connectivity index (χ1n) is 4.70. The number of nitrogens with zero attached hydrogens (tertiary/aromatic N) is 3. The molecule has 0 aromatic carbocycles. The third-order valence-corrected chi connectivity index (χ3v) is 2.17. The van der Waals surface area contributed by atoms with E-state index in [-0.39, 0.29) is 11.4 Å². The maximum Gasteiger partial charge on any atom is 0.432 e. The third kappa shape index (κ3) is 2.17. The summed E-state index contributed by atoms with van der Waals surface area (Å²) in [5.74, 6) is 0. The SMILES string of the molecule is O=C(O)n1nccc1-c1cc(C(F)(F)F)ccn1. The molecule has 0 saturated carbocycles. The number of halogens is 3. The average molecular weight is 257 g/mol. The molecule has 0 fully saturated rings. The Bertz CT molecular complexity index is 592. The van der Waals surface area contributed by atoms with Gasteiger partial charge < -0.3 is 5.11 Å². The van der Waals surface area contributed by atoms with E-state index in [0.29, 0.717) is 4.68 Å². The number of hydrogen-bond acceptors (Lipinski definition) is 3. The number of pyridine rings is 1. The van der Waals surface area contributed by atoms with Gasteiger partial charge in [0.2, 0.25) is 0 Å². The topological polar surface area (TPSA) is 68.0 Å². The lowest BCUT2D eigenvalue weighted by Crippen LogP contribution is -2.12. The molecule has 5 nitrogen and oxygen atoms in total. The molecule has 2 aromatic rings. The van der Waals surface area contributed by atoms with Crippen LogP contribution in [0.15, 0.2) is 30.6 Å². The number of carboxylic acid groups (broad SMARTS) is 1. The van der Waals surface area contributed by atoms with E-state index < -0.39 is 17.8 Å². The monoisotopic (exact) mass is 257 g/mol. The van der Waals surface area contributed by atoms with E-state index in [2.05, 4.69) is 10.1 Å². The van der Waals surface area contributed by atoms with Crippen molar-refractivity contribution in [3.63, 3.8) is 0 Å². The van der Waals surface area contributed by atoms with Gasteiger partial charge in [-0.2, -0.15) is 23.0 Å². The Hall–Kier alpha value is -2.38. The van der Waals surface area contributed by atoms with Gasteiger partial charge in [-0.25, -0.2) is 4.79 Å². The molecule has 0 saturated heterocycles. The van der Waals surface area contributed by atoms with Crippen LogP contribution in [0.4, 0.5) is 18.0 Å². The maximum absolute atomic E-state index is 12.5. The van der Waals surface area contributed by atoms with E-state index in [1.54, 1.807) is 0 Å². The molecule has 0 bridgehead atoms. The van der Waals surface area contributed by atoms with E-state index in [0.717, 1.165) is 18.3 Å². The van der Waals surface area contributed by atoms with Crippen molar-refractivity contribution < 1.29 is 23.1 Å². The summed E-state index contributed by atoms with van der Waals surface area (Å²) in [6.45, 7) is 0. The number of aromatic nitrogens is 3. The van der Waals surface area contributed by atoms with Crippen LogP contribution in [0.3, 0.4) is 0 Å². The fraction of sp³-hybridized carbons (Fsp3) is 0.100. The molecule has 0 amide bonds. The Balaban J connectivity index is 2.52. The lowest BCUT2D eigenvalue weighted by atomic mass is 10.2. The highest BCUT2D eigenvalue weighted by atomic mass is 19.4. The summed E-state index contributed by atoms with van der Waals surface area (Å²) in [6, 6.07) is 2.86. The van der Waals surface area contributed by atoms with E-state index in [1.165, 1.54) is 12.3 Å². The minimum Gasteiger partial charge on any atom is -0.463 e. The fourth-order valence-electron chi connectivity index (χ4n) is 1.40. The second kappa shape index (κ2) is 4.13. The first kappa shape index (κ1) is 12.1. The van der Waals surface area contributed by atoms with Crippen molar-refractivity contribution in [2.45, 2.75) is 6.18 Å². The lowest BCUT2D eigenvalue weighted by molar-refractivity contribution is -0.137. The maximum atomic E-state index is 12.5. The minimum atomic E-state index is -4.51. The summed E-state index contributed by atoms with van der Waals surface area (Å²) in [6.07, 6.45) is -3.76. The van der Waals surface area contributed by atoms with Gasteiger partial charge in [0.15, 0.2) is 0 Å². The van der Waals surface area contributed by atoms with Gasteiger partial charge in [0.1, 0.15) is 0 Å². The van der Waals surface area contributed by atoms with Crippen molar-refractivity contribution >= 4 is 6.09 Å².